The van der Waals surface area contributed by atoms with Crippen molar-refractivity contribution >= 4 is 5.97 Å². The highest BCUT2D eigenvalue weighted by atomic mass is 19.4. The highest BCUT2D eigenvalue weighted by molar-refractivity contribution is 5.75. The van der Waals surface area contributed by atoms with Gasteiger partial charge in [0.25, 0.3) is 5.89 Å². The van der Waals surface area contributed by atoms with E-state index in [2.05, 4.69) is 10.1 Å². The number of carbonyl (C=O) groups is 1. The fraction of sp³-hybridized carbons (Fsp3) is 0.276. The molecule has 1 aromatic heterocycles. The predicted molar refractivity (Wildman–Crippen MR) is 136 cm³/mol. The van der Waals surface area contributed by atoms with Crippen LogP contribution in [0.4, 0.5) is 13.2 Å². The van der Waals surface area contributed by atoms with Gasteiger partial charge in [-0.2, -0.15) is 18.2 Å². The maximum Gasteiger partial charge on any atom is 0.417 e. The molecule has 1 heterocycles. The van der Waals surface area contributed by atoms with Gasteiger partial charge in [-0.1, -0.05) is 74.5 Å². The van der Waals surface area contributed by atoms with Crippen LogP contribution in [0.5, 0.6) is 0 Å². The van der Waals surface area contributed by atoms with Gasteiger partial charge in [0.05, 0.1) is 12.2 Å². The molecule has 0 bridgehead atoms. The maximum absolute atomic E-state index is 14.0. The van der Waals surface area contributed by atoms with E-state index in [0.29, 0.717) is 16.7 Å². The second-order valence-corrected chi connectivity index (χ2v) is 10.1. The summed E-state index contributed by atoms with van der Waals surface area (Å²) in [5.41, 5.74) is 1.28. The van der Waals surface area contributed by atoms with Crippen molar-refractivity contribution in [3.63, 3.8) is 0 Å². The van der Waals surface area contributed by atoms with Crippen LogP contribution in [0.3, 0.4) is 0 Å². The van der Waals surface area contributed by atoms with Crippen LogP contribution in [0, 0.1) is 12.3 Å². The van der Waals surface area contributed by atoms with Crippen molar-refractivity contribution in [3.8, 4) is 34.0 Å². The van der Waals surface area contributed by atoms with Gasteiger partial charge in [0, 0.05) is 11.1 Å². The van der Waals surface area contributed by atoms with Crippen LogP contribution in [-0.2, 0) is 22.3 Å². The third kappa shape index (κ3) is 5.94. The van der Waals surface area contributed by atoms with Crippen LogP contribution in [0.2, 0.25) is 0 Å². The van der Waals surface area contributed by atoms with Crippen LogP contribution in [0.1, 0.15) is 37.5 Å². The number of carboxylic acids is 1. The smallest absolute Gasteiger partial charge is 0.417 e. The lowest BCUT2D eigenvalue weighted by molar-refractivity contribution is -0.159. The zero-order chi connectivity index (χ0) is 27.7. The number of aromatic nitrogens is 2. The summed E-state index contributed by atoms with van der Waals surface area (Å²) >= 11 is 0. The van der Waals surface area contributed by atoms with Crippen molar-refractivity contribution in [2.75, 3.05) is 0 Å². The van der Waals surface area contributed by atoms with E-state index in [-0.39, 0.29) is 29.4 Å². The summed E-state index contributed by atoms with van der Waals surface area (Å²) < 4.78 is 53.0. The average molecular weight is 525 g/mol. The standard InChI is InChI=1S/C29H27F3N2O4/c1-17-8-5-6-11-21(17)22-13-12-20(15-23(22)29(30,31)32)26-33-25(34-38-26)19-10-7-9-18(14-19)16-37-24(27(35)36)28(2,3)4/h5-15,24H,16H2,1-4H3,(H,35,36). The van der Waals surface area contributed by atoms with Crippen molar-refractivity contribution in [1.82, 2.24) is 10.1 Å². The monoisotopic (exact) mass is 524 g/mol. The molecule has 198 valence electrons. The fourth-order valence-corrected chi connectivity index (χ4v) is 4.15. The van der Waals surface area contributed by atoms with Gasteiger partial charge in [-0.15, -0.1) is 0 Å². The molecule has 0 saturated heterocycles. The normalized spacial score (nSPS) is 12.9. The van der Waals surface area contributed by atoms with Gasteiger partial charge >= 0.3 is 12.1 Å². The highest BCUT2D eigenvalue weighted by Gasteiger charge is 2.35. The van der Waals surface area contributed by atoms with Crippen molar-refractivity contribution in [2.24, 2.45) is 5.41 Å². The molecule has 0 amide bonds. The Morgan fingerprint density at radius 3 is 2.37 bits per heavy atom. The molecule has 0 spiro atoms. The Labute approximate surface area is 218 Å². The van der Waals surface area contributed by atoms with E-state index in [1.807, 2.05) is 0 Å². The van der Waals surface area contributed by atoms with Crippen LogP contribution in [0.25, 0.3) is 34.0 Å². The fourth-order valence-electron chi connectivity index (χ4n) is 4.15. The predicted octanol–water partition coefficient (Wildman–Crippen LogP) is 7.41. The number of rotatable bonds is 7. The topological polar surface area (TPSA) is 85.5 Å². The second kappa shape index (κ2) is 10.4. The molecule has 38 heavy (non-hydrogen) atoms. The molecule has 0 fully saturated rings. The van der Waals surface area contributed by atoms with Gasteiger partial charge in [-0.25, -0.2) is 4.79 Å². The van der Waals surface area contributed by atoms with Crippen molar-refractivity contribution in [1.29, 1.82) is 0 Å². The maximum atomic E-state index is 14.0. The first-order valence-electron chi connectivity index (χ1n) is 11.9. The van der Waals surface area contributed by atoms with Crippen molar-refractivity contribution in [2.45, 2.75) is 46.6 Å². The molecule has 4 rings (SSSR count). The molecular weight excluding hydrogens is 497 g/mol. The largest absolute Gasteiger partial charge is 0.479 e. The van der Waals surface area contributed by atoms with Crippen molar-refractivity contribution in [3.05, 3.63) is 83.4 Å². The third-order valence-corrected chi connectivity index (χ3v) is 6.05. The van der Waals surface area contributed by atoms with E-state index in [9.17, 15) is 23.1 Å². The molecule has 0 aliphatic rings. The second-order valence-electron chi connectivity index (χ2n) is 10.1. The quantitative estimate of drug-likeness (QED) is 0.271. The number of benzene rings is 3. The van der Waals surface area contributed by atoms with Crippen LogP contribution in [0.15, 0.2) is 71.3 Å². The number of hydrogen-bond donors (Lipinski definition) is 1. The van der Waals surface area contributed by atoms with Gasteiger partial charge in [-0.3, -0.25) is 0 Å². The van der Waals surface area contributed by atoms with E-state index in [0.717, 1.165) is 11.6 Å². The number of hydrogen-bond acceptors (Lipinski definition) is 5. The zero-order valence-corrected chi connectivity index (χ0v) is 21.3. The Hall–Kier alpha value is -3.98. The minimum absolute atomic E-state index is 0.0437. The molecule has 1 N–H and O–H groups in total. The number of alkyl halides is 3. The number of halogens is 3. The number of ether oxygens (including phenoxy) is 1. The van der Waals surface area contributed by atoms with Gasteiger partial charge in [0.1, 0.15) is 0 Å². The number of nitrogens with zero attached hydrogens (tertiary/aromatic N) is 2. The Morgan fingerprint density at radius 2 is 1.71 bits per heavy atom. The van der Waals surface area contributed by atoms with Gasteiger partial charge < -0.3 is 14.4 Å². The van der Waals surface area contributed by atoms with Gasteiger partial charge in [0.15, 0.2) is 6.10 Å². The van der Waals surface area contributed by atoms with E-state index >= 15 is 0 Å². The SMILES string of the molecule is Cc1ccccc1-c1ccc(-c2nc(-c3cccc(COC(C(=O)O)C(C)(C)C)c3)no2)cc1C(F)(F)F. The molecule has 4 aromatic rings. The van der Waals surface area contributed by atoms with E-state index in [1.54, 1.807) is 76.2 Å². The number of carboxylic acid groups (broad SMARTS) is 1. The molecule has 0 radical (unpaired) electrons. The first kappa shape index (κ1) is 27.1. The number of aryl methyl sites for hydroxylation is 1. The molecule has 0 aliphatic carbocycles. The first-order valence-corrected chi connectivity index (χ1v) is 11.9. The molecule has 1 unspecified atom stereocenters. The summed E-state index contributed by atoms with van der Waals surface area (Å²) in [6, 6.07) is 17.8. The summed E-state index contributed by atoms with van der Waals surface area (Å²) in [6.45, 7) is 7.14. The molecular formula is C29H27F3N2O4. The minimum Gasteiger partial charge on any atom is -0.479 e. The Kier molecular flexibility index (Phi) is 7.42. The molecule has 9 heteroatoms. The van der Waals surface area contributed by atoms with Crippen LogP contribution >= 0.6 is 0 Å². The Morgan fingerprint density at radius 1 is 0.974 bits per heavy atom. The van der Waals surface area contributed by atoms with Crippen molar-refractivity contribution < 1.29 is 32.3 Å². The van der Waals surface area contributed by atoms with Crippen LogP contribution < -0.4 is 0 Å². The molecule has 3 aromatic carbocycles. The average Bonchev–Trinajstić information content (AvgIpc) is 3.33. The lowest BCUT2D eigenvalue weighted by Gasteiger charge is -2.27. The summed E-state index contributed by atoms with van der Waals surface area (Å²) in [4.78, 5) is 15.9. The molecule has 6 nitrogen and oxygen atoms in total. The number of aliphatic carboxylic acids is 1. The summed E-state index contributed by atoms with van der Waals surface area (Å²) in [6.07, 6.45) is -5.60. The summed E-state index contributed by atoms with van der Waals surface area (Å²) in [7, 11) is 0. The third-order valence-electron chi connectivity index (χ3n) is 6.05. The van der Waals surface area contributed by atoms with Gasteiger partial charge in [0.2, 0.25) is 5.82 Å². The summed E-state index contributed by atoms with van der Waals surface area (Å²) in [5, 5.41) is 13.4. The lowest BCUT2D eigenvalue weighted by atomic mass is 9.89. The Balaban J connectivity index is 1.62. The first-order chi connectivity index (χ1) is 17.8. The van der Waals surface area contributed by atoms with E-state index in [1.165, 1.54) is 12.1 Å². The van der Waals surface area contributed by atoms with Gasteiger partial charge in [-0.05, 0) is 52.8 Å². The lowest BCUT2D eigenvalue weighted by Crippen LogP contribution is -2.36. The Bertz CT molecular complexity index is 1450. The highest BCUT2D eigenvalue weighted by Crippen LogP contribution is 2.40. The molecule has 1 atom stereocenters. The van der Waals surface area contributed by atoms with E-state index < -0.39 is 29.2 Å². The zero-order valence-electron chi connectivity index (χ0n) is 21.3. The van der Waals surface area contributed by atoms with E-state index in [4.69, 9.17) is 9.26 Å². The molecule has 0 aliphatic heterocycles. The minimum atomic E-state index is -4.59. The summed E-state index contributed by atoms with van der Waals surface area (Å²) in [5.74, 6) is -0.922. The van der Waals surface area contributed by atoms with Crippen LogP contribution in [-0.4, -0.2) is 27.3 Å². The molecule has 0 saturated carbocycles.